The second-order valence-electron chi connectivity index (χ2n) is 5.58. The van der Waals surface area contributed by atoms with Crippen LogP contribution in [0.1, 0.15) is 21.6 Å². The van der Waals surface area contributed by atoms with Crippen LogP contribution in [0, 0.1) is 5.82 Å². The van der Waals surface area contributed by atoms with Crippen LogP contribution in [-0.2, 0) is 17.8 Å². The molecule has 0 saturated heterocycles. The number of amides is 1. The SMILES string of the molecule is O=C(Cc1csc(-c2ccccc2F)n1)NCc1ccc(C(=O)O)cc1. The van der Waals surface area contributed by atoms with E-state index < -0.39 is 5.97 Å². The lowest BCUT2D eigenvalue weighted by Crippen LogP contribution is -2.24. The number of carbonyl (C=O) groups excluding carboxylic acids is 1. The molecule has 0 unspecified atom stereocenters. The van der Waals surface area contributed by atoms with Gasteiger partial charge in [0.15, 0.2) is 0 Å². The summed E-state index contributed by atoms with van der Waals surface area (Å²) in [5.41, 5.74) is 1.99. The largest absolute Gasteiger partial charge is 0.478 e. The van der Waals surface area contributed by atoms with Crippen molar-refractivity contribution in [3.63, 3.8) is 0 Å². The third kappa shape index (κ3) is 4.31. The van der Waals surface area contributed by atoms with Gasteiger partial charge in [-0.05, 0) is 29.8 Å². The number of carbonyl (C=O) groups is 2. The predicted octanol–water partition coefficient (Wildman–Crippen LogP) is 3.51. The lowest BCUT2D eigenvalue weighted by atomic mass is 10.1. The van der Waals surface area contributed by atoms with Gasteiger partial charge in [-0.15, -0.1) is 11.3 Å². The van der Waals surface area contributed by atoms with Crippen molar-refractivity contribution in [1.82, 2.24) is 10.3 Å². The third-order valence-electron chi connectivity index (χ3n) is 3.69. The number of aromatic carboxylic acids is 1. The Kier molecular flexibility index (Phi) is 5.38. The van der Waals surface area contributed by atoms with Gasteiger partial charge in [-0.2, -0.15) is 0 Å². The Hall–Kier alpha value is -3.06. The zero-order chi connectivity index (χ0) is 18.5. The van der Waals surface area contributed by atoms with E-state index in [1.165, 1.54) is 29.5 Å². The summed E-state index contributed by atoms with van der Waals surface area (Å²) in [6.07, 6.45) is 0.0954. The number of benzene rings is 2. The molecule has 5 nitrogen and oxygen atoms in total. The maximum atomic E-state index is 13.8. The first-order chi connectivity index (χ1) is 12.5. The van der Waals surface area contributed by atoms with Crippen molar-refractivity contribution >= 4 is 23.2 Å². The third-order valence-corrected chi connectivity index (χ3v) is 4.61. The smallest absolute Gasteiger partial charge is 0.335 e. The average Bonchev–Trinajstić information content (AvgIpc) is 3.09. The minimum absolute atomic E-state index is 0.0954. The monoisotopic (exact) mass is 370 g/mol. The molecular formula is C19H15FN2O3S. The van der Waals surface area contributed by atoms with Crippen LogP contribution in [-0.4, -0.2) is 22.0 Å². The maximum Gasteiger partial charge on any atom is 0.335 e. The number of hydrogen-bond donors (Lipinski definition) is 2. The zero-order valence-electron chi connectivity index (χ0n) is 13.6. The summed E-state index contributed by atoms with van der Waals surface area (Å²) < 4.78 is 13.8. The van der Waals surface area contributed by atoms with Crippen LogP contribution >= 0.6 is 11.3 Å². The Labute approximate surface area is 153 Å². The summed E-state index contributed by atoms with van der Waals surface area (Å²) in [4.78, 5) is 27.2. The van der Waals surface area contributed by atoms with E-state index in [2.05, 4.69) is 10.3 Å². The summed E-state index contributed by atoms with van der Waals surface area (Å²) in [5.74, 6) is -1.55. The Balaban J connectivity index is 1.57. The number of hydrogen-bond acceptors (Lipinski definition) is 4. The first-order valence-electron chi connectivity index (χ1n) is 7.81. The number of carboxylic acids is 1. The zero-order valence-corrected chi connectivity index (χ0v) is 14.4. The van der Waals surface area contributed by atoms with Gasteiger partial charge in [-0.25, -0.2) is 14.2 Å². The van der Waals surface area contributed by atoms with Gasteiger partial charge < -0.3 is 10.4 Å². The second-order valence-corrected chi connectivity index (χ2v) is 6.44. The summed E-state index contributed by atoms with van der Waals surface area (Å²) in [6.45, 7) is 0.295. The van der Waals surface area contributed by atoms with Gasteiger partial charge in [0, 0.05) is 17.5 Å². The van der Waals surface area contributed by atoms with Crippen LogP contribution in [0.5, 0.6) is 0 Å². The molecule has 0 bridgehead atoms. The molecule has 3 aromatic rings. The van der Waals surface area contributed by atoms with E-state index in [0.717, 1.165) is 5.56 Å². The number of nitrogens with one attached hydrogen (secondary N) is 1. The molecule has 1 aromatic heterocycles. The van der Waals surface area contributed by atoms with Crippen LogP contribution in [0.25, 0.3) is 10.6 Å². The molecule has 0 atom stereocenters. The average molecular weight is 370 g/mol. The summed E-state index contributed by atoms with van der Waals surface area (Å²) in [7, 11) is 0. The molecule has 0 aliphatic rings. The lowest BCUT2D eigenvalue weighted by molar-refractivity contribution is -0.120. The summed E-state index contributed by atoms with van der Waals surface area (Å²) in [6, 6.07) is 12.7. The lowest BCUT2D eigenvalue weighted by Gasteiger charge is -2.05. The fourth-order valence-corrected chi connectivity index (χ4v) is 3.19. The van der Waals surface area contributed by atoms with E-state index in [1.807, 2.05) is 0 Å². The van der Waals surface area contributed by atoms with Gasteiger partial charge in [0.25, 0.3) is 0 Å². The van der Waals surface area contributed by atoms with E-state index in [4.69, 9.17) is 5.11 Å². The maximum absolute atomic E-state index is 13.8. The Bertz CT molecular complexity index is 938. The van der Waals surface area contributed by atoms with E-state index in [9.17, 15) is 14.0 Å². The topological polar surface area (TPSA) is 79.3 Å². The van der Waals surface area contributed by atoms with Crippen molar-refractivity contribution < 1.29 is 19.1 Å². The van der Waals surface area contributed by atoms with E-state index in [-0.39, 0.29) is 23.7 Å². The predicted molar refractivity (Wildman–Crippen MR) is 96.5 cm³/mol. The fraction of sp³-hybridized carbons (Fsp3) is 0.105. The number of aromatic nitrogens is 1. The van der Waals surface area contributed by atoms with Crippen molar-refractivity contribution in [3.8, 4) is 10.6 Å². The molecule has 2 N–H and O–H groups in total. The highest BCUT2D eigenvalue weighted by Gasteiger charge is 2.11. The van der Waals surface area contributed by atoms with Crippen molar-refractivity contribution in [2.75, 3.05) is 0 Å². The second kappa shape index (κ2) is 7.88. The molecule has 132 valence electrons. The van der Waals surface area contributed by atoms with Crippen LogP contribution in [0.15, 0.2) is 53.9 Å². The van der Waals surface area contributed by atoms with Gasteiger partial charge in [-0.3, -0.25) is 4.79 Å². The van der Waals surface area contributed by atoms with Gasteiger partial charge in [0.2, 0.25) is 5.91 Å². The van der Waals surface area contributed by atoms with Crippen LogP contribution in [0.3, 0.4) is 0 Å². The van der Waals surface area contributed by atoms with Crippen molar-refractivity contribution in [2.45, 2.75) is 13.0 Å². The standard InChI is InChI=1S/C19H15FN2O3S/c20-16-4-2-1-3-15(16)18-22-14(11-26-18)9-17(23)21-10-12-5-7-13(8-6-12)19(24)25/h1-8,11H,9-10H2,(H,21,23)(H,24,25). The van der Waals surface area contributed by atoms with Gasteiger partial charge in [0.1, 0.15) is 10.8 Å². The normalized spacial score (nSPS) is 10.5. The van der Waals surface area contributed by atoms with Crippen LogP contribution in [0.2, 0.25) is 0 Å². The van der Waals surface area contributed by atoms with E-state index in [1.54, 1.807) is 35.7 Å². The molecule has 26 heavy (non-hydrogen) atoms. The fourth-order valence-electron chi connectivity index (χ4n) is 2.34. The van der Waals surface area contributed by atoms with Crippen LogP contribution in [0.4, 0.5) is 4.39 Å². The Morgan fingerprint density at radius 1 is 1.12 bits per heavy atom. The summed E-state index contributed by atoms with van der Waals surface area (Å²) >= 11 is 1.29. The van der Waals surface area contributed by atoms with Gasteiger partial charge in [0.05, 0.1) is 17.7 Å². The van der Waals surface area contributed by atoms with Crippen molar-refractivity contribution in [2.24, 2.45) is 0 Å². The molecule has 0 radical (unpaired) electrons. The highest BCUT2D eigenvalue weighted by Crippen LogP contribution is 2.26. The molecule has 1 heterocycles. The molecule has 1 amide bonds. The van der Waals surface area contributed by atoms with Gasteiger partial charge in [-0.1, -0.05) is 24.3 Å². The van der Waals surface area contributed by atoms with Crippen molar-refractivity contribution in [1.29, 1.82) is 0 Å². The van der Waals surface area contributed by atoms with E-state index >= 15 is 0 Å². The number of rotatable bonds is 6. The summed E-state index contributed by atoms with van der Waals surface area (Å²) in [5, 5.41) is 13.9. The highest BCUT2D eigenvalue weighted by molar-refractivity contribution is 7.13. The number of thiazole rings is 1. The molecular weight excluding hydrogens is 355 g/mol. The Morgan fingerprint density at radius 2 is 1.85 bits per heavy atom. The number of carboxylic acid groups (broad SMARTS) is 1. The van der Waals surface area contributed by atoms with E-state index in [0.29, 0.717) is 22.8 Å². The molecule has 0 saturated carbocycles. The quantitative estimate of drug-likeness (QED) is 0.696. The minimum atomic E-state index is -0.991. The first-order valence-corrected chi connectivity index (χ1v) is 8.69. The van der Waals surface area contributed by atoms with Crippen LogP contribution < -0.4 is 5.32 Å². The molecule has 2 aromatic carbocycles. The molecule has 0 fully saturated rings. The highest BCUT2D eigenvalue weighted by atomic mass is 32.1. The molecule has 3 rings (SSSR count). The van der Waals surface area contributed by atoms with Crippen molar-refractivity contribution in [3.05, 3.63) is 76.5 Å². The van der Waals surface area contributed by atoms with Gasteiger partial charge >= 0.3 is 5.97 Å². The molecule has 0 spiro atoms. The number of nitrogens with zero attached hydrogens (tertiary/aromatic N) is 1. The minimum Gasteiger partial charge on any atom is -0.478 e. The molecule has 7 heteroatoms. The number of halogens is 1. The molecule has 0 aliphatic heterocycles. The first kappa shape index (κ1) is 17.8. The molecule has 0 aliphatic carbocycles. The Morgan fingerprint density at radius 3 is 2.54 bits per heavy atom.